The van der Waals surface area contributed by atoms with Gasteiger partial charge in [-0.05, 0) is 42.0 Å². The van der Waals surface area contributed by atoms with Crippen molar-refractivity contribution in [2.45, 2.75) is 6.18 Å². The summed E-state index contributed by atoms with van der Waals surface area (Å²) in [6.07, 6.45) is -1.50. The van der Waals surface area contributed by atoms with Gasteiger partial charge in [0, 0.05) is 21.5 Å². The van der Waals surface area contributed by atoms with E-state index in [1.54, 1.807) is 6.08 Å². The third-order valence-electron chi connectivity index (χ3n) is 3.54. The van der Waals surface area contributed by atoms with Crippen molar-refractivity contribution in [3.8, 4) is 10.4 Å². The van der Waals surface area contributed by atoms with Crippen LogP contribution in [0.3, 0.4) is 0 Å². The van der Waals surface area contributed by atoms with Gasteiger partial charge >= 0.3 is 6.18 Å². The van der Waals surface area contributed by atoms with E-state index in [-0.39, 0.29) is 5.69 Å². The maximum Gasteiger partial charge on any atom is 0.416 e. The molecule has 0 atom stereocenters. The molecule has 0 bridgehead atoms. The first-order valence-corrected chi connectivity index (χ1v) is 8.55. The maximum absolute atomic E-state index is 12.7. The van der Waals surface area contributed by atoms with Crippen LogP contribution in [0.4, 0.5) is 18.9 Å². The summed E-state index contributed by atoms with van der Waals surface area (Å²) in [5.74, 6) is -0.487. The summed E-state index contributed by atoms with van der Waals surface area (Å²) < 4.78 is 38.1. The zero-order chi connectivity index (χ0) is 18.6. The molecule has 0 saturated heterocycles. The fraction of sp³-hybridized carbons (Fsp3) is 0.0500. The van der Waals surface area contributed by atoms with Gasteiger partial charge in [-0.1, -0.05) is 36.4 Å². The fourth-order valence-electron chi connectivity index (χ4n) is 2.31. The molecule has 1 aromatic heterocycles. The summed E-state index contributed by atoms with van der Waals surface area (Å²) in [6.45, 7) is 0. The van der Waals surface area contributed by atoms with Gasteiger partial charge in [-0.3, -0.25) is 4.79 Å². The van der Waals surface area contributed by atoms with E-state index in [1.165, 1.54) is 29.5 Å². The van der Waals surface area contributed by atoms with Crippen LogP contribution in [0, 0.1) is 0 Å². The van der Waals surface area contributed by atoms with E-state index in [9.17, 15) is 18.0 Å². The Bertz CT molecular complexity index is 929. The zero-order valence-electron chi connectivity index (χ0n) is 13.5. The van der Waals surface area contributed by atoms with Gasteiger partial charge < -0.3 is 5.32 Å². The molecule has 6 heteroatoms. The highest BCUT2D eigenvalue weighted by atomic mass is 32.1. The number of carbonyl (C=O) groups is 1. The molecule has 1 heterocycles. The van der Waals surface area contributed by atoms with Crippen LogP contribution < -0.4 is 5.32 Å². The number of hydrogen-bond acceptors (Lipinski definition) is 2. The second kappa shape index (κ2) is 7.58. The predicted octanol–water partition coefficient (Wildman–Crippen LogP) is 6.09. The molecule has 1 amide bonds. The standard InChI is InChI=1S/C20H14F3NOS/c21-20(22,23)15-7-4-8-16(13-15)24-19(25)12-10-17-9-11-18(26-17)14-5-2-1-3-6-14/h1-13H,(H,24,25)/b12-10+. The van der Waals surface area contributed by atoms with Crippen molar-refractivity contribution in [3.63, 3.8) is 0 Å². The number of alkyl halides is 3. The summed E-state index contributed by atoms with van der Waals surface area (Å²) >= 11 is 1.52. The van der Waals surface area contributed by atoms with Crippen LogP contribution in [-0.2, 0) is 11.0 Å². The van der Waals surface area contributed by atoms with Crippen LogP contribution in [0.25, 0.3) is 16.5 Å². The molecule has 0 fully saturated rings. The lowest BCUT2D eigenvalue weighted by atomic mass is 10.2. The Balaban J connectivity index is 1.66. The number of thiophene rings is 1. The minimum atomic E-state index is -4.44. The lowest BCUT2D eigenvalue weighted by Gasteiger charge is -2.08. The van der Waals surface area contributed by atoms with Crippen LogP contribution in [0.1, 0.15) is 10.4 Å². The molecule has 0 aliphatic carbocycles. The minimum Gasteiger partial charge on any atom is -0.322 e. The predicted molar refractivity (Wildman–Crippen MR) is 98.9 cm³/mol. The largest absolute Gasteiger partial charge is 0.416 e. The monoisotopic (exact) mass is 373 g/mol. The summed E-state index contributed by atoms with van der Waals surface area (Å²) in [6, 6.07) is 18.2. The summed E-state index contributed by atoms with van der Waals surface area (Å²) in [5.41, 5.74) is 0.390. The third-order valence-corrected chi connectivity index (χ3v) is 4.64. The average Bonchev–Trinajstić information content (AvgIpc) is 3.09. The number of amides is 1. The van der Waals surface area contributed by atoms with Gasteiger partial charge in [0.2, 0.25) is 5.91 Å². The second-order valence-corrected chi connectivity index (χ2v) is 6.58. The molecule has 3 rings (SSSR count). The highest BCUT2D eigenvalue weighted by molar-refractivity contribution is 7.16. The van der Waals surface area contributed by atoms with Gasteiger partial charge in [0.25, 0.3) is 0 Å². The molecular weight excluding hydrogens is 359 g/mol. The van der Waals surface area contributed by atoms with Crippen molar-refractivity contribution in [1.82, 2.24) is 0 Å². The van der Waals surface area contributed by atoms with Crippen molar-refractivity contribution in [2.24, 2.45) is 0 Å². The van der Waals surface area contributed by atoms with Crippen LogP contribution in [0.5, 0.6) is 0 Å². The first-order chi connectivity index (χ1) is 12.4. The van der Waals surface area contributed by atoms with Crippen LogP contribution >= 0.6 is 11.3 Å². The molecule has 1 N–H and O–H groups in total. The van der Waals surface area contributed by atoms with E-state index in [4.69, 9.17) is 0 Å². The molecule has 0 aliphatic rings. The van der Waals surface area contributed by atoms with Crippen LogP contribution in [-0.4, -0.2) is 5.91 Å². The highest BCUT2D eigenvalue weighted by Crippen LogP contribution is 2.31. The second-order valence-electron chi connectivity index (χ2n) is 5.47. The molecule has 0 aliphatic heterocycles. The Hall–Kier alpha value is -2.86. The summed E-state index contributed by atoms with van der Waals surface area (Å²) in [5, 5.41) is 2.44. The first kappa shape index (κ1) is 17.9. The quantitative estimate of drug-likeness (QED) is 0.551. The molecule has 132 valence electrons. The smallest absolute Gasteiger partial charge is 0.322 e. The van der Waals surface area contributed by atoms with Crippen LogP contribution in [0.2, 0.25) is 0 Å². The molecule has 2 nitrogen and oxygen atoms in total. The number of benzene rings is 2. The molecular formula is C20H14F3NOS. The van der Waals surface area contributed by atoms with E-state index in [1.807, 2.05) is 42.5 Å². The van der Waals surface area contributed by atoms with Crippen molar-refractivity contribution in [2.75, 3.05) is 5.32 Å². The van der Waals surface area contributed by atoms with Gasteiger partial charge in [-0.15, -0.1) is 11.3 Å². The third kappa shape index (κ3) is 4.61. The van der Waals surface area contributed by atoms with Crippen molar-refractivity contribution in [3.05, 3.63) is 83.2 Å². The number of anilines is 1. The number of hydrogen-bond donors (Lipinski definition) is 1. The van der Waals surface area contributed by atoms with Gasteiger partial charge in [0.05, 0.1) is 5.56 Å². The SMILES string of the molecule is O=C(/C=C/c1ccc(-c2ccccc2)s1)Nc1cccc(C(F)(F)F)c1. The van der Waals surface area contributed by atoms with Crippen LogP contribution in [0.15, 0.2) is 72.8 Å². The lowest BCUT2D eigenvalue weighted by molar-refractivity contribution is -0.137. The number of halogens is 3. The number of rotatable bonds is 4. The molecule has 0 unspecified atom stereocenters. The number of nitrogens with one attached hydrogen (secondary N) is 1. The van der Waals surface area contributed by atoms with E-state index < -0.39 is 17.6 Å². The Labute approximate surface area is 152 Å². The van der Waals surface area contributed by atoms with Gasteiger partial charge in [0.1, 0.15) is 0 Å². The Morgan fingerprint density at radius 1 is 0.962 bits per heavy atom. The summed E-state index contributed by atoms with van der Waals surface area (Å²) in [7, 11) is 0. The lowest BCUT2D eigenvalue weighted by Crippen LogP contribution is -2.10. The minimum absolute atomic E-state index is 0.102. The first-order valence-electron chi connectivity index (χ1n) is 7.73. The fourth-order valence-corrected chi connectivity index (χ4v) is 3.23. The maximum atomic E-state index is 12.7. The van der Waals surface area contributed by atoms with Gasteiger partial charge in [-0.2, -0.15) is 13.2 Å². The normalized spacial score (nSPS) is 11.7. The van der Waals surface area contributed by atoms with Gasteiger partial charge in [-0.25, -0.2) is 0 Å². The van der Waals surface area contributed by atoms with E-state index in [0.29, 0.717) is 0 Å². The van der Waals surface area contributed by atoms with Gasteiger partial charge in [0.15, 0.2) is 0 Å². The average molecular weight is 373 g/mol. The Morgan fingerprint density at radius 3 is 2.46 bits per heavy atom. The Morgan fingerprint density at radius 2 is 1.73 bits per heavy atom. The molecule has 0 radical (unpaired) electrons. The molecule has 0 saturated carbocycles. The van der Waals surface area contributed by atoms with Crippen molar-refractivity contribution >= 4 is 29.0 Å². The molecule has 0 spiro atoms. The van der Waals surface area contributed by atoms with Crippen molar-refractivity contribution < 1.29 is 18.0 Å². The highest BCUT2D eigenvalue weighted by Gasteiger charge is 2.30. The van der Waals surface area contributed by atoms with E-state index in [0.717, 1.165) is 27.5 Å². The summed E-state index contributed by atoms with van der Waals surface area (Å²) in [4.78, 5) is 13.9. The van der Waals surface area contributed by atoms with Crippen molar-refractivity contribution in [1.29, 1.82) is 0 Å². The van der Waals surface area contributed by atoms with E-state index >= 15 is 0 Å². The molecule has 3 aromatic rings. The zero-order valence-corrected chi connectivity index (χ0v) is 14.3. The van der Waals surface area contributed by atoms with E-state index in [2.05, 4.69) is 5.32 Å². The molecule has 26 heavy (non-hydrogen) atoms. The Kier molecular flexibility index (Phi) is 5.23. The molecule has 2 aromatic carbocycles. The number of carbonyl (C=O) groups excluding carboxylic acids is 1. The topological polar surface area (TPSA) is 29.1 Å².